The smallest absolute Gasteiger partial charge is 0.141 e. The fourth-order valence-corrected chi connectivity index (χ4v) is 4.69. The lowest BCUT2D eigenvalue weighted by molar-refractivity contribution is 0.0748. The number of fused-ring (bicyclic) bond motifs is 2. The van der Waals surface area contributed by atoms with Gasteiger partial charge in [0.05, 0.1) is 0 Å². The van der Waals surface area contributed by atoms with Gasteiger partial charge >= 0.3 is 0 Å². The minimum atomic E-state index is -1.43. The maximum atomic E-state index is 12.2. The Kier molecular flexibility index (Phi) is 4.11. The Hall–Kier alpha value is -2.91. The Morgan fingerprint density at radius 2 is 0.897 bits per heavy atom. The van der Waals surface area contributed by atoms with Crippen LogP contribution in [0.25, 0.3) is 0 Å². The number of halogens is 1. The highest BCUT2D eigenvalue weighted by molar-refractivity contribution is 6.30. The quantitative estimate of drug-likeness (QED) is 0.486. The van der Waals surface area contributed by atoms with Crippen LogP contribution in [-0.2, 0) is 11.2 Å². The van der Waals surface area contributed by atoms with E-state index in [2.05, 4.69) is 0 Å². The Morgan fingerprint density at radius 3 is 1.41 bits per heavy atom. The van der Waals surface area contributed by atoms with Gasteiger partial charge in [0.2, 0.25) is 0 Å². The maximum Gasteiger partial charge on any atom is 0.141 e. The molecule has 142 valence electrons. The summed E-state index contributed by atoms with van der Waals surface area (Å²) in [5.74, 6) is 0. The highest BCUT2D eigenvalue weighted by Gasteiger charge is 2.50. The number of aliphatic hydroxyl groups is 2. The van der Waals surface area contributed by atoms with Crippen molar-refractivity contribution in [2.45, 2.75) is 11.2 Å². The van der Waals surface area contributed by atoms with Crippen LogP contribution in [0.4, 0.5) is 0 Å². The zero-order valence-corrected chi connectivity index (χ0v) is 16.3. The third kappa shape index (κ3) is 2.50. The Balaban J connectivity index is 1.93. The summed E-state index contributed by atoms with van der Waals surface area (Å²) in [6.45, 7) is 0. The third-order valence-electron chi connectivity index (χ3n) is 5.85. The van der Waals surface area contributed by atoms with Crippen molar-refractivity contribution < 1.29 is 10.2 Å². The Labute approximate surface area is 174 Å². The molecule has 0 bridgehead atoms. The van der Waals surface area contributed by atoms with Gasteiger partial charge in [0.1, 0.15) is 11.2 Å². The molecular formula is C26H19ClO2. The molecule has 3 heteroatoms. The molecule has 0 radical (unpaired) electrons. The lowest BCUT2D eigenvalue weighted by Gasteiger charge is -2.45. The van der Waals surface area contributed by atoms with Gasteiger partial charge in [-0.25, -0.2) is 0 Å². The van der Waals surface area contributed by atoms with Gasteiger partial charge in [-0.1, -0.05) is 103 Å². The second-order valence-corrected chi connectivity index (χ2v) is 7.82. The number of hydrogen-bond donors (Lipinski definition) is 2. The topological polar surface area (TPSA) is 40.5 Å². The summed E-state index contributed by atoms with van der Waals surface area (Å²) in [5, 5.41) is 24.9. The van der Waals surface area contributed by atoms with Gasteiger partial charge in [0, 0.05) is 10.6 Å². The molecule has 5 rings (SSSR count). The molecule has 0 fully saturated rings. The molecule has 2 atom stereocenters. The molecule has 0 spiro atoms. The fourth-order valence-electron chi connectivity index (χ4n) is 4.52. The molecule has 0 aromatic heterocycles. The van der Waals surface area contributed by atoms with Crippen molar-refractivity contribution in [1.82, 2.24) is 0 Å². The van der Waals surface area contributed by atoms with E-state index < -0.39 is 11.2 Å². The molecule has 2 N–H and O–H groups in total. The van der Waals surface area contributed by atoms with Crippen molar-refractivity contribution in [3.8, 4) is 0 Å². The van der Waals surface area contributed by atoms with Crippen molar-refractivity contribution in [1.29, 1.82) is 0 Å². The lowest BCUT2D eigenvalue weighted by Crippen LogP contribution is -2.44. The molecular weight excluding hydrogens is 380 g/mol. The molecule has 0 heterocycles. The number of rotatable bonds is 2. The van der Waals surface area contributed by atoms with Crippen LogP contribution in [0.15, 0.2) is 103 Å². The van der Waals surface area contributed by atoms with E-state index in [4.69, 9.17) is 11.6 Å². The molecule has 0 saturated carbocycles. The molecule has 2 nitrogen and oxygen atoms in total. The van der Waals surface area contributed by atoms with Crippen LogP contribution < -0.4 is 0 Å². The minimum absolute atomic E-state index is 0.507. The molecule has 29 heavy (non-hydrogen) atoms. The van der Waals surface area contributed by atoms with Gasteiger partial charge in [0.25, 0.3) is 0 Å². The van der Waals surface area contributed by atoms with Crippen LogP contribution in [0.2, 0.25) is 5.02 Å². The van der Waals surface area contributed by atoms with E-state index >= 15 is 0 Å². The van der Waals surface area contributed by atoms with E-state index in [1.807, 2.05) is 91.0 Å². The monoisotopic (exact) mass is 398 g/mol. The van der Waals surface area contributed by atoms with E-state index in [0.29, 0.717) is 27.3 Å². The van der Waals surface area contributed by atoms with Gasteiger partial charge in [-0.2, -0.15) is 0 Å². The second kappa shape index (κ2) is 6.57. The van der Waals surface area contributed by atoms with Crippen LogP contribution in [-0.4, -0.2) is 10.2 Å². The minimum Gasteiger partial charge on any atom is -0.376 e. The summed E-state index contributed by atoms with van der Waals surface area (Å²) in [6.07, 6.45) is 0. The highest BCUT2D eigenvalue weighted by atomic mass is 35.5. The van der Waals surface area contributed by atoms with Gasteiger partial charge in [-0.15, -0.1) is 0 Å². The molecule has 0 aliphatic heterocycles. The first kappa shape index (κ1) is 18.1. The van der Waals surface area contributed by atoms with Crippen LogP contribution in [0.5, 0.6) is 0 Å². The second-order valence-electron chi connectivity index (χ2n) is 7.39. The predicted molar refractivity (Wildman–Crippen MR) is 115 cm³/mol. The van der Waals surface area contributed by atoms with E-state index in [1.54, 1.807) is 12.1 Å². The van der Waals surface area contributed by atoms with Gasteiger partial charge < -0.3 is 10.2 Å². The number of hydrogen-bond acceptors (Lipinski definition) is 2. The SMILES string of the molecule is OC1(c2ccccc2)c2ccccc2C(O)(c2ccccc2)c2cc(Cl)ccc21. The lowest BCUT2D eigenvalue weighted by atomic mass is 9.63. The van der Waals surface area contributed by atoms with E-state index in [9.17, 15) is 10.2 Å². The molecule has 4 aromatic rings. The molecule has 0 saturated heterocycles. The van der Waals surface area contributed by atoms with Crippen molar-refractivity contribution in [3.63, 3.8) is 0 Å². The zero-order valence-electron chi connectivity index (χ0n) is 15.6. The first-order valence-corrected chi connectivity index (χ1v) is 9.90. The standard InChI is InChI=1S/C26H19ClO2/c27-20-15-16-23-24(17-20)26(29,19-11-5-2-6-12-19)22-14-8-7-13-21(22)25(23,28)18-9-3-1-4-10-18/h1-17,28-29H. The fraction of sp³-hybridized carbons (Fsp3) is 0.0769. The summed E-state index contributed by atoms with van der Waals surface area (Å²) in [4.78, 5) is 0. The Morgan fingerprint density at radius 1 is 0.483 bits per heavy atom. The largest absolute Gasteiger partial charge is 0.376 e. The van der Waals surface area contributed by atoms with E-state index in [-0.39, 0.29) is 0 Å². The van der Waals surface area contributed by atoms with Crippen LogP contribution in [0.3, 0.4) is 0 Å². The van der Waals surface area contributed by atoms with Crippen molar-refractivity contribution in [2.24, 2.45) is 0 Å². The molecule has 1 aliphatic rings. The van der Waals surface area contributed by atoms with Crippen LogP contribution in [0, 0.1) is 0 Å². The summed E-state index contributed by atoms with van der Waals surface area (Å²) in [7, 11) is 0. The first-order valence-electron chi connectivity index (χ1n) is 9.52. The van der Waals surface area contributed by atoms with Crippen molar-refractivity contribution in [3.05, 3.63) is 142 Å². The van der Waals surface area contributed by atoms with E-state index in [0.717, 1.165) is 11.1 Å². The summed E-state index contributed by atoms with van der Waals surface area (Å²) >= 11 is 6.36. The maximum absolute atomic E-state index is 12.2. The summed E-state index contributed by atoms with van der Waals surface area (Å²) in [6, 6.07) is 31.9. The van der Waals surface area contributed by atoms with Gasteiger partial charge in [-0.3, -0.25) is 0 Å². The number of benzene rings is 4. The summed E-state index contributed by atoms with van der Waals surface area (Å²) < 4.78 is 0. The van der Waals surface area contributed by atoms with Crippen molar-refractivity contribution in [2.75, 3.05) is 0 Å². The molecule has 0 amide bonds. The predicted octanol–water partition coefficient (Wildman–Crippen LogP) is 5.22. The van der Waals surface area contributed by atoms with Crippen molar-refractivity contribution >= 4 is 11.6 Å². The average Bonchev–Trinajstić information content (AvgIpc) is 2.78. The normalized spacial score (nSPS) is 22.6. The molecule has 4 aromatic carbocycles. The van der Waals surface area contributed by atoms with Gasteiger partial charge in [-0.05, 0) is 39.9 Å². The molecule has 2 unspecified atom stereocenters. The zero-order chi connectivity index (χ0) is 20.1. The van der Waals surface area contributed by atoms with E-state index in [1.165, 1.54) is 0 Å². The first-order chi connectivity index (χ1) is 14.1. The average molecular weight is 399 g/mol. The molecule has 1 aliphatic carbocycles. The van der Waals surface area contributed by atoms with Gasteiger partial charge in [0.15, 0.2) is 0 Å². The van der Waals surface area contributed by atoms with Crippen LogP contribution in [0.1, 0.15) is 33.4 Å². The summed E-state index contributed by atoms with van der Waals surface area (Å²) in [5.41, 5.74) is 1.15. The highest BCUT2D eigenvalue weighted by Crippen LogP contribution is 2.53. The third-order valence-corrected chi connectivity index (χ3v) is 6.09. The van der Waals surface area contributed by atoms with Crippen LogP contribution >= 0.6 is 11.6 Å². The Bertz CT molecular complexity index is 1190.